The second-order valence-electron chi connectivity index (χ2n) is 6.22. The van der Waals surface area contributed by atoms with E-state index in [1.807, 2.05) is 23.3 Å². The van der Waals surface area contributed by atoms with E-state index in [9.17, 15) is 0 Å². The van der Waals surface area contributed by atoms with Crippen LogP contribution < -0.4 is 0 Å². The van der Waals surface area contributed by atoms with Crippen molar-refractivity contribution in [1.82, 2.24) is 24.6 Å². The molecular formula is C18H21N5. The Morgan fingerprint density at radius 3 is 2.78 bits per heavy atom. The van der Waals surface area contributed by atoms with Crippen LogP contribution in [0.2, 0.25) is 0 Å². The van der Waals surface area contributed by atoms with E-state index < -0.39 is 0 Å². The molecule has 0 aliphatic carbocycles. The van der Waals surface area contributed by atoms with Crippen LogP contribution in [0.1, 0.15) is 30.0 Å². The van der Waals surface area contributed by atoms with Crippen molar-refractivity contribution in [2.45, 2.75) is 25.3 Å². The predicted octanol–water partition coefficient (Wildman–Crippen LogP) is 2.98. The second-order valence-corrected chi connectivity index (χ2v) is 6.22. The van der Waals surface area contributed by atoms with E-state index >= 15 is 0 Å². The number of hydrogen-bond acceptors (Lipinski definition) is 3. The molecule has 0 saturated carbocycles. The van der Waals surface area contributed by atoms with E-state index in [2.05, 4.69) is 50.4 Å². The minimum Gasteiger partial charge on any atom is -0.306 e. The maximum atomic E-state index is 4.09. The zero-order valence-corrected chi connectivity index (χ0v) is 13.1. The average molecular weight is 307 g/mol. The van der Waals surface area contributed by atoms with Gasteiger partial charge in [-0.25, -0.2) is 4.98 Å². The van der Waals surface area contributed by atoms with Gasteiger partial charge in [-0.1, -0.05) is 12.1 Å². The van der Waals surface area contributed by atoms with Gasteiger partial charge < -0.3 is 4.57 Å². The first-order chi connectivity index (χ1) is 11.4. The van der Waals surface area contributed by atoms with E-state index in [1.165, 1.54) is 30.6 Å². The summed E-state index contributed by atoms with van der Waals surface area (Å²) >= 11 is 0. The van der Waals surface area contributed by atoms with Crippen LogP contribution in [0.4, 0.5) is 0 Å². The van der Waals surface area contributed by atoms with Gasteiger partial charge in [-0.3, -0.25) is 10.00 Å². The first kappa shape index (κ1) is 14.2. The number of imidazole rings is 1. The number of nitrogens with one attached hydrogen (secondary N) is 1. The molecule has 4 rings (SSSR count). The summed E-state index contributed by atoms with van der Waals surface area (Å²) in [6, 6.07) is 10.9. The van der Waals surface area contributed by atoms with Gasteiger partial charge in [-0.05, 0) is 43.1 Å². The topological polar surface area (TPSA) is 49.7 Å². The summed E-state index contributed by atoms with van der Waals surface area (Å²) in [6.07, 6.45) is 9.94. The van der Waals surface area contributed by atoms with Crippen LogP contribution in [0, 0.1) is 0 Å². The van der Waals surface area contributed by atoms with Gasteiger partial charge in [0.15, 0.2) is 0 Å². The Morgan fingerprint density at radius 1 is 1.13 bits per heavy atom. The van der Waals surface area contributed by atoms with Crippen molar-refractivity contribution in [3.8, 4) is 5.69 Å². The van der Waals surface area contributed by atoms with Gasteiger partial charge in [0.1, 0.15) is 0 Å². The first-order valence-electron chi connectivity index (χ1n) is 8.17. The highest BCUT2D eigenvalue weighted by atomic mass is 15.1. The summed E-state index contributed by atoms with van der Waals surface area (Å²) < 4.78 is 2.03. The summed E-state index contributed by atoms with van der Waals surface area (Å²) in [6.45, 7) is 3.29. The SMILES string of the molecule is c1cn(-c2ccc(CN3CCC[C@H](c4ccn[nH]4)C3)cc2)cn1. The first-order valence-corrected chi connectivity index (χ1v) is 8.17. The van der Waals surface area contributed by atoms with E-state index in [1.54, 1.807) is 6.20 Å². The van der Waals surface area contributed by atoms with E-state index in [4.69, 9.17) is 0 Å². The molecule has 3 aromatic rings. The van der Waals surface area contributed by atoms with Gasteiger partial charge in [-0.15, -0.1) is 0 Å². The Morgan fingerprint density at radius 2 is 2.04 bits per heavy atom. The monoisotopic (exact) mass is 307 g/mol. The fourth-order valence-corrected chi connectivity index (χ4v) is 3.39. The molecule has 1 aliphatic heterocycles. The maximum Gasteiger partial charge on any atom is 0.0991 e. The van der Waals surface area contributed by atoms with Crippen molar-refractivity contribution in [2.75, 3.05) is 13.1 Å². The third-order valence-electron chi connectivity index (χ3n) is 4.61. The summed E-state index contributed by atoms with van der Waals surface area (Å²) in [5, 5.41) is 7.22. The lowest BCUT2D eigenvalue weighted by Crippen LogP contribution is -2.34. The van der Waals surface area contributed by atoms with Crippen LogP contribution in [0.3, 0.4) is 0 Å². The lowest BCUT2D eigenvalue weighted by atomic mass is 9.94. The summed E-state index contributed by atoms with van der Waals surface area (Å²) in [5.41, 5.74) is 3.78. The van der Waals surface area contributed by atoms with E-state index in [0.717, 1.165) is 18.8 Å². The number of benzene rings is 1. The van der Waals surface area contributed by atoms with Crippen molar-refractivity contribution in [3.63, 3.8) is 0 Å². The number of nitrogens with zero attached hydrogens (tertiary/aromatic N) is 4. The summed E-state index contributed by atoms with van der Waals surface area (Å²) in [5.74, 6) is 0.580. The second kappa shape index (κ2) is 6.38. The zero-order chi connectivity index (χ0) is 15.5. The molecule has 1 aromatic carbocycles. The normalized spacial score (nSPS) is 19.0. The maximum absolute atomic E-state index is 4.09. The van der Waals surface area contributed by atoms with Gasteiger partial charge in [0.25, 0.3) is 0 Å². The van der Waals surface area contributed by atoms with Crippen molar-refractivity contribution >= 4 is 0 Å². The molecular weight excluding hydrogens is 286 g/mol. The molecule has 0 unspecified atom stereocenters. The third kappa shape index (κ3) is 3.19. The summed E-state index contributed by atoms with van der Waals surface area (Å²) in [4.78, 5) is 6.64. The van der Waals surface area contributed by atoms with Gasteiger partial charge in [0.2, 0.25) is 0 Å². The number of H-pyrrole nitrogens is 1. The van der Waals surface area contributed by atoms with Gasteiger partial charge in [0, 0.05) is 49.0 Å². The minimum atomic E-state index is 0.580. The predicted molar refractivity (Wildman–Crippen MR) is 89.4 cm³/mol. The molecule has 0 bridgehead atoms. The van der Waals surface area contributed by atoms with Crippen LogP contribution in [0.15, 0.2) is 55.2 Å². The van der Waals surface area contributed by atoms with Gasteiger partial charge >= 0.3 is 0 Å². The van der Waals surface area contributed by atoms with Crippen molar-refractivity contribution in [3.05, 3.63) is 66.5 Å². The molecule has 1 aliphatic rings. The molecule has 1 fully saturated rings. The fourth-order valence-electron chi connectivity index (χ4n) is 3.39. The highest BCUT2D eigenvalue weighted by Gasteiger charge is 2.22. The van der Waals surface area contributed by atoms with Crippen LogP contribution in [0.25, 0.3) is 5.69 Å². The Labute approximate surface area is 136 Å². The number of aromatic nitrogens is 4. The molecule has 0 radical (unpaired) electrons. The number of rotatable bonds is 4. The van der Waals surface area contributed by atoms with Crippen molar-refractivity contribution < 1.29 is 0 Å². The number of likely N-dealkylation sites (tertiary alicyclic amines) is 1. The van der Waals surface area contributed by atoms with Crippen LogP contribution in [-0.4, -0.2) is 37.7 Å². The fraction of sp³-hybridized carbons (Fsp3) is 0.333. The highest BCUT2D eigenvalue weighted by Crippen LogP contribution is 2.26. The Hall–Kier alpha value is -2.40. The molecule has 1 N–H and O–H groups in total. The zero-order valence-electron chi connectivity index (χ0n) is 13.1. The van der Waals surface area contributed by atoms with Gasteiger partial charge in [0.05, 0.1) is 6.33 Å². The quantitative estimate of drug-likeness (QED) is 0.806. The lowest BCUT2D eigenvalue weighted by molar-refractivity contribution is 0.198. The molecule has 118 valence electrons. The smallest absolute Gasteiger partial charge is 0.0991 e. The van der Waals surface area contributed by atoms with Gasteiger partial charge in [-0.2, -0.15) is 5.10 Å². The number of aromatic amines is 1. The van der Waals surface area contributed by atoms with Crippen molar-refractivity contribution in [1.29, 1.82) is 0 Å². The summed E-state index contributed by atoms with van der Waals surface area (Å²) in [7, 11) is 0. The molecule has 5 heteroatoms. The molecule has 5 nitrogen and oxygen atoms in total. The van der Waals surface area contributed by atoms with Crippen molar-refractivity contribution in [2.24, 2.45) is 0 Å². The Bertz CT molecular complexity index is 715. The standard InChI is InChI=1S/C18H21N5/c1-2-16(18-7-8-20-21-18)13-22(10-1)12-15-3-5-17(6-4-15)23-11-9-19-14-23/h3-9,11,14,16H,1-2,10,12-13H2,(H,20,21)/t16-/m0/s1. The molecule has 1 saturated heterocycles. The van der Waals surface area contributed by atoms with E-state index in [-0.39, 0.29) is 0 Å². The van der Waals surface area contributed by atoms with E-state index in [0.29, 0.717) is 5.92 Å². The third-order valence-corrected chi connectivity index (χ3v) is 4.61. The lowest BCUT2D eigenvalue weighted by Gasteiger charge is -2.32. The van der Waals surface area contributed by atoms with Crippen LogP contribution in [-0.2, 0) is 6.54 Å². The molecule has 3 heterocycles. The molecule has 0 spiro atoms. The average Bonchev–Trinajstić information content (AvgIpc) is 3.30. The number of piperidine rings is 1. The Balaban J connectivity index is 1.41. The largest absolute Gasteiger partial charge is 0.306 e. The molecule has 0 amide bonds. The minimum absolute atomic E-state index is 0.580. The highest BCUT2D eigenvalue weighted by molar-refractivity contribution is 5.34. The van der Waals surface area contributed by atoms with Crippen LogP contribution in [0.5, 0.6) is 0 Å². The molecule has 23 heavy (non-hydrogen) atoms. The van der Waals surface area contributed by atoms with Crippen LogP contribution >= 0.6 is 0 Å². The molecule has 2 aromatic heterocycles. The Kier molecular flexibility index (Phi) is 3.94. The molecule has 1 atom stereocenters. The number of hydrogen-bond donors (Lipinski definition) is 1.